The molecule has 0 amide bonds. The number of rotatable bonds is 2. The number of aromatic nitrogens is 3. The first-order valence-electron chi connectivity index (χ1n) is 7.28. The van der Waals surface area contributed by atoms with Gasteiger partial charge in [0.2, 0.25) is 5.95 Å². The Balaban J connectivity index is 1.73. The number of halogens is 1. The van der Waals surface area contributed by atoms with Crippen LogP contribution < -0.4 is 5.32 Å². The van der Waals surface area contributed by atoms with Gasteiger partial charge >= 0.3 is 0 Å². The Hall–Kier alpha value is -2.69. The average Bonchev–Trinajstić information content (AvgIpc) is 3.04. The quantitative estimate of drug-likeness (QED) is 0.786. The minimum Gasteiger partial charge on any atom is -0.348 e. The van der Waals surface area contributed by atoms with Crippen LogP contribution in [0.3, 0.4) is 0 Å². The SMILES string of the molecule is Fc1ccc([C@H]2C[C@H](c3ccccc3)Nc3ncnn32)cc1. The van der Waals surface area contributed by atoms with Crippen LogP contribution in [0, 0.1) is 5.82 Å². The van der Waals surface area contributed by atoms with Gasteiger partial charge < -0.3 is 5.32 Å². The third kappa shape index (κ3) is 2.24. The summed E-state index contributed by atoms with van der Waals surface area (Å²) in [7, 11) is 0. The van der Waals surface area contributed by atoms with E-state index in [2.05, 4.69) is 27.5 Å². The van der Waals surface area contributed by atoms with E-state index >= 15 is 0 Å². The Labute approximate surface area is 127 Å². The number of nitrogens with zero attached hydrogens (tertiary/aromatic N) is 3. The van der Waals surface area contributed by atoms with E-state index in [1.165, 1.54) is 17.7 Å². The van der Waals surface area contributed by atoms with E-state index < -0.39 is 0 Å². The maximum Gasteiger partial charge on any atom is 0.222 e. The second-order valence-electron chi connectivity index (χ2n) is 5.44. The Bertz CT molecular complexity index is 767. The van der Waals surface area contributed by atoms with Crippen molar-refractivity contribution in [3.63, 3.8) is 0 Å². The highest BCUT2D eigenvalue weighted by molar-refractivity contribution is 5.38. The lowest BCUT2D eigenvalue weighted by Gasteiger charge is -2.31. The highest BCUT2D eigenvalue weighted by Crippen LogP contribution is 2.37. The van der Waals surface area contributed by atoms with Gasteiger partial charge in [-0.15, -0.1) is 0 Å². The van der Waals surface area contributed by atoms with Gasteiger partial charge in [-0.2, -0.15) is 10.1 Å². The lowest BCUT2D eigenvalue weighted by Crippen LogP contribution is -2.28. The molecular weight excluding hydrogens is 279 g/mol. The number of benzene rings is 2. The second-order valence-corrected chi connectivity index (χ2v) is 5.44. The minimum absolute atomic E-state index is 0.0459. The van der Waals surface area contributed by atoms with Gasteiger partial charge in [-0.05, 0) is 29.7 Å². The average molecular weight is 294 g/mol. The summed E-state index contributed by atoms with van der Waals surface area (Å²) in [6.07, 6.45) is 2.39. The highest BCUT2D eigenvalue weighted by Gasteiger charge is 2.29. The Morgan fingerprint density at radius 2 is 1.77 bits per heavy atom. The van der Waals surface area contributed by atoms with Gasteiger partial charge in [0.1, 0.15) is 12.1 Å². The van der Waals surface area contributed by atoms with E-state index in [-0.39, 0.29) is 17.9 Å². The molecule has 0 spiro atoms. The van der Waals surface area contributed by atoms with E-state index in [0.717, 1.165) is 17.9 Å². The van der Waals surface area contributed by atoms with Crippen molar-refractivity contribution in [2.75, 3.05) is 5.32 Å². The third-order valence-electron chi connectivity index (χ3n) is 4.09. The van der Waals surface area contributed by atoms with Crippen molar-refractivity contribution in [2.24, 2.45) is 0 Å². The van der Waals surface area contributed by atoms with Gasteiger partial charge in [-0.3, -0.25) is 0 Å². The molecule has 0 radical (unpaired) electrons. The molecule has 4 nitrogen and oxygen atoms in total. The first-order valence-corrected chi connectivity index (χ1v) is 7.28. The molecule has 1 aromatic heterocycles. The molecule has 1 aliphatic heterocycles. The van der Waals surface area contributed by atoms with E-state index in [1.807, 2.05) is 35.0 Å². The first-order chi connectivity index (χ1) is 10.8. The standard InChI is InChI=1S/C17H15FN4/c18-14-8-6-13(7-9-14)16-10-15(12-4-2-1-3-5-12)21-17-19-11-20-22(16)17/h1-9,11,15-16H,10H2,(H,19,20,21)/t15-,16-/m1/s1. The lowest BCUT2D eigenvalue weighted by molar-refractivity contribution is 0.430. The van der Waals surface area contributed by atoms with E-state index in [0.29, 0.717) is 0 Å². The molecule has 0 saturated heterocycles. The molecule has 2 heterocycles. The van der Waals surface area contributed by atoms with Crippen LogP contribution >= 0.6 is 0 Å². The van der Waals surface area contributed by atoms with Gasteiger partial charge in [0.05, 0.1) is 12.1 Å². The number of anilines is 1. The zero-order valence-electron chi connectivity index (χ0n) is 11.9. The van der Waals surface area contributed by atoms with Crippen molar-refractivity contribution in [3.05, 3.63) is 77.9 Å². The molecule has 110 valence electrons. The third-order valence-corrected chi connectivity index (χ3v) is 4.09. The highest BCUT2D eigenvalue weighted by atomic mass is 19.1. The van der Waals surface area contributed by atoms with Crippen LogP contribution in [0.4, 0.5) is 10.3 Å². The molecule has 0 saturated carbocycles. The number of hydrogen-bond donors (Lipinski definition) is 1. The molecule has 0 unspecified atom stereocenters. The Morgan fingerprint density at radius 1 is 1.00 bits per heavy atom. The zero-order valence-corrected chi connectivity index (χ0v) is 11.9. The maximum atomic E-state index is 13.2. The summed E-state index contributed by atoms with van der Waals surface area (Å²) < 4.78 is 15.1. The van der Waals surface area contributed by atoms with Gasteiger partial charge in [-0.25, -0.2) is 9.07 Å². The minimum atomic E-state index is -0.226. The smallest absolute Gasteiger partial charge is 0.222 e. The van der Waals surface area contributed by atoms with Crippen molar-refractivity contribution in [1.29, 1.82) is 0 Å². The van der Waals surface area contributed by atoms with E-state index in [1.54, 1.807) is 6.33 Å². The largest absolute Gasteiger partial charge is 0.348 e. The van der Waals surface area contributed by atoms with E-state index in [4.69, 9.17) is 0 Å². The van der Waals surface area contributed by atoms with Crippen LogP contribution in [0.15, 0.2) is 60.9 Å². The second kappa shape index (κ2) is 5.26. The molecule has 4 rings (SSSR count). The van der Waals surface area contributed by atoms with Crippen LogP contribution in [0.1, 0.15) is 29.6 Å². The molecule has 2 atom stereocenters. The summed E-state index contributed by atoms with van der Waals surface area (Å²) in [5.41, 5.74) is 2.25. The number of nitrogens with one attached hydrogen (secondary N) is 1. The fourth-order valence-corrected chi connectivity index (χ4v) is 2.99. The predicted octanol–water partition coefficient (Wildman–Crippen LogP) is 3.56. The first kappa shape index (κ1) is 13.0. The van der Waals surface area contributed by atoms with Crippen LogP contribution in [0.25, 0.3) is 0 Å². The van der Waals surface area contributed by atoms with Crippen molar-refractivity contribution in [3.8, 4) is 0 Å². The van der Waals surface area contributed by atoms with Crippen LogP contribution in [-0.4, -0.2) is 14.8 Å². The summed E-state index contributed by atoms with van der Waals surface area (Å²) in [6.45, 7) is 0. The summed E-state index contributed by atoms with van der Waals surface area (Å²) in [5, 5.41) is 7.73. The van der Waals surface area contributed by atoms with Gasteiger partial charge in [0, 0.05) is 0 Å². The number of fused-ring (bicyclic) bond motifs is 1. The van der Waals surface area contributed by atoms with Gasteiger partial charge in [0.15, 0.2) is 0 Å². The zero-order chi connectivity index (χ0) is 14.9. The molecule has 1 aliphatic rings. The van der Waals surface area contributed by atoms with Crippen LogP contribution in [0.5, 0.6) is 0 Å². The normalized spacial score (nSPS) is 20.2. The van der Waals surface area contributed by atoms with Crippen molar-refractivity contribution in [2.45, 2.75) is 18.5 Å². The molecular formula is C17H15FN4. The molecule has 5 heteroatoms. The van der Waals surface area contributed by atoms with Crippen LogP contribution in [-0.2, 0) is 0 Å². The summed E-state index contributed by atoms with van der Waals surface area (Å²) in [4.78, 5) is 4.29. The maximum absolute atomic E-state index is 13.2. The molecule has 0 fully saturated rings. The molecule has 0 bridgehead atoms. The van der Waals surface area contributed by atoms with Gasteiger partial charge in [-0.1, -0.05) is 42.5 Å². The fraction of sp³-hybridized carbons (Fsp3) is 0.176. The predicted molar refractivity (Wildman–Crippen MR) is 82.0 cm³/mol. The Morgan fingerprint density at radius 3 is 2.55 bits per heavy atom. The molecule has 3 aromatic rings. The molecule has 1 N–H and O–H groups in total. The van der Waals surface area contributed by atoms with Crippen molar-refractivity contribution < 1.29 is 4.39 Å². The monoisotopic (exact) mass is 294 g/mol. The summed E-state index contributed by atoms with van der Waals surface area (Å²) in [6, 6.07) is 17.1. The lowest BCUT2D eigenvalue weighted by atomic mass is 9.93. The molecule has 2 aromatic carbocycles. The van der Waals surface area contributed by atoms with E-state index in [9.17, 15) is 4.39 Å². The Kier molecular flexibility index (Phi) is 3.11. The van der Waals surface area contributed by atoms with Gasteiger partial charge in [0.25, 0.3) is 0 Å². The summed E-state index contributed by atoms with van der Waals surface area (Å²) in [5.74, 6) is 0.519. The van der Waals surface area contributed by atoms with Crippen molar-refractivity contribution in [1.82, 2.24) is 14.8 Å². The topological polar surface area (TPSA) is 42.7 Å². The van der Waals surface area contributed by atoms with Crippen LogP contribution in [0.2, 0.25) is 0 Å². The summed E-state index contributed by atoms with van der Waals surface area (Å²) >= 11 is 0. The molecule has 0 aliphatic carbocycles. The molecule has 22 heavy (non-hydrogen) atoms. The van der Waals surface area contributed by atoms with Crippen molar-refractivity contribution >= 4 is 5.95 Å². The fourth-order valence-electron chi connectivity index (χ4n) is 2.99. The number of hydrogen-bond acceptors (Lipinski definition) is 3.